The van der Waals surface area contributed by atoms with Crippen molar-refractivity contribution in [1.29, 1.82) is 0 Å². The zero-order valence-electron chi connectivity index (χ0n) is 15.7. The van der Waals surface area contributed by atoms with E-state index in [9.17, 15) is 4.79 Å². The standard InChI is InChI=1S/C19H20N4O5/c1-25-15-7-5-13(17(26-2)18(15)27-3)11-20-22-19(24)16-8-6-14(28-16)12-23-10-4-9-21-23/h4-11H,12H2,1-3H3,(H,22,24). The summed E-state index contributed by atoms with van der Waals surface area (Å²) in [6, 6.07) is 8.58. The van der Waals surface area contributed by atoms with E-state index in [1.165, 1.54) is 27.5 Å². The van der Waals surface area contributed by atoms with Gasteiger partial charge in [0.25, 0.3) is 0 Å². The van der Waals surface area contributed by atoms with Crippen molar-refractivity contribution in [3.8, 4) is 17.2 Å². The molecule has 0 aliphatic heterocycles. The second kappa shape index (κ2) is 8.76. The normalized spacial score (nSPS) is 10.8. The van der Waals surface area contributed by atoms with Gasteiger partial charge in [-0.2, -0.15) is 10.2 Å². The summed E-state index contributed by atoms with van der Waals surface area (Å²) in [5.74, 6) is 1.70. The number of rotatable bonds is 8. The van der Waals surface area contributed by atoms with E-state index in [4.69, 9.17) is 18.6 Å². The Hall–Kier alpha value is -3.75. The van der Waals surface area contributed by atoms with Gasteiger partial charge in [0, 0.05) is 18.0 Å². The minimum atomic E-state index is -0.470. The first kappa shape index (κ1) is 19.0. The largest absolute Gasteiger partial charge is 0.493 e. The highest BCUT2D eigenvalue weighted by molar-refractivity contribution is 5.93. The number of nitrogens with one attached hydrogen (secondary N) is 1. The lowest BCUT2D eigenvalue weighted by atomic mass is 10.2. The summed E-state index contributed by atoms with van der Waals surface area (Å²) in [5, 5.41) is 8.06. The zero-order chi connectivity index (χ0) is 19.9. The Morgan fingerprint density at radius 3 is 2.68 bits per heavy atom. The molecule has 9 heteroatoms. The van der Waals surface area contributed by atoms with Gasteiger partial charge in [-0.15, -0.1) is 0 Å². The first-order valence-electron chi connectivity index (χ1n) is 8.34. The van der Waals surface area contributed by atoms with E-state index in [2.05, 4.69) is 15.6 Å². The Kier molecular flexibility index (Phi) is 5.95. The highest BCUT2D eigenvalue weighted by atomic mass is 16.5. The van der Waals surface area contributed by atoms with Gasteiger partial charge in [0.1, 0.15) is 5.76 Å². The fourth-order valence-electron chi connectivity index (χ4n) is 2.58. The van der Waals surface area contributed by atoms with Crippen molar-refractivity contribution >= 4 is 12.1 Å². The molecule has 2 heterocycles. The number of hydrogen-bond acceptors (Lipinski definition) is 7. The van der Waals surface area contributed by atoms with Gasteiger partial charge in [-0.05, 0) is 30.3 Å². The van der Waals surface area contributed by atoms with E-state index >= 15 is 0 Å². The maximum atomic E-state index is 12.2. The molecule has 0 bridgehead atoms. The predicted octanol–water partition coefficient (Wildman–Crippen LogP) is 2.31. The molecule has 0 saturated carbocycles. The lowest BCUT2D eigenvalue weighted by molar-refractivity contribution is 0.0925. The van der Waals surface area contributed by atoms with Crippen LogP contribution in [0.1, 0.15) is 21.9 Å². The minimum Gasteiger partial charge on any atom is -0.493 e. The molecule has 0 spiro atoms. The van der Waals surface area contributed by atoms with Crippen LogP contribution in [-0.4, -0.2) is 43.2 Å². The second-order valence-electron chi connectivity index (χ2n) is 5.59. The lowest BCUT2D eigenvalue weighted by Crippen LogP contribution is -2.17. The van der Waals surface area contributed by atoms with Crippen LogP contribution in [0.25, 0.3) is 0 Å². The van der Waals surface area contributed by atoms with Gasteiger partial charge < -0.3 is 18.6 Å². The number of hydrogen-bond donors (Lipinski definition) is 1. The fourth-order valence-corrected chi connectivity index (χ4v) is 2.58. The predicted molar refractivity (Wildman–Crippen MR) is 101 cm³/mol. The molecule has 1 amide bonds. The van der Waals surface area contributed by atoms with Crippen LogP contribution in [0.3, 0.4) is 0 Å². The van der Waals surface area contributed by atoms with Crippen LogP contribution >= 0.6 is 0 Å². The Morgan fingerprint density at radius 2 is 2.00 bits per heavy atom. The Morgan fingerprint density at radius 1 is 1.18 bits per heavy atom. The third kappa shape index (κ3) is 4.14. The number of hydrazone groups is 1. The zero-order valence-corrected chi connectivity index (χ0v) is 15.7. The summed E-state index contributed by atoms with van der Waals surface area (Å²) in [5.41, 5.74) is 3.03. The maximum Gasteiger partial charge on any atom is 0.307 e. The summed E-state index contributed by atoms with van der Waals surface area (Å²) >= 11 is 0. The van der Waals surface area contributed by atoms with Crippen LogP contribution < -0.4 is 19.6 Å². The summed E-state index contributed by atoms with van der Waals surface area (Å²) in [7, 11) is 4.56. The van der Waals surface area contributed by atoms with Crippen LogP contribution in [0.2, 0.25) is 0 Å². The number of benzene rings is 1. The third-order valence-electron chi connectivity index (χ3n) is 3.87. The van der Waals surface area contributed by atoms with Crippen LogP contribution in [0.5, 0.6) is 17.2 Å². The van der Waals surface area contributed by atoms with Crippen LogP contribution in [0.15, 0.2) is 52.2 Å². The molecule has 0 fully saturated rings. The summed E-state index contributed by atoms with van der Waals surface area (Å²) in [6.07, 6.45) is 4.93. The SMILES string of the molecule is COc1ccc(C=NNC(=O)c2ccc(Cn3cccn3)o2)c(OC)c1OC. The Labute approximate surface area is 161 Å². The smallest absolute Gasteiger partial charge is 0.307 e. The minimum absolute atomic E-state index is 0.151. The number of carbonyl (C=O) groups excluding carboxylic acids is 1. The molecule has 0 saturated heterocycles. The molecule has 2 aromatic heterocycles. The summed E-state index contributed by atoms with van der Waals surface area (Å²) in [6.45, 7) is 0.437. The van der Waals surface area contributed by atoms with Gasteiger partial charge >= 0.3 is 5.91 Å². The monoisotopic (exact) mass is 384 g/mol. The highest BCUT2D eigenvalue weighted by Gasteiger charge is 2.15. The Bertz CT molecular complexity index is 963. The van der Waals surface area contributed by atoms with Crippen LogP contribution in [0.4, 0.5) is 0 Å². The van der Waals surface area contributed by atoms with E-state index in [1.807, 2.05) is 12.3 Å². The lowest BCUT2D eigenvalue weighted by Gasteiger charge is -2.13. The van der Waals surface area contributed by atoms with Gasteiger partial charge in [0.05, 0.1) is 34.1 Å². The molecular formula is C19H20N4O5. The number of carbonyl (C=O) groups is 1. The number of ether oxygens (including phenoxy) is 3. The molecule has 28 heavy (non-hydrogen) atoms. The van der Waals surface area contributed by atoms with E-state index in [0.717, 1.165) is 0 Å². The number of nitrogens with zero attached hydrogens (tertiary/aromatic N) is 3. The van der Waals surface area contributed by atoms with Gasteiger partial charge in [-0.25, -0.2) is 5.43 Å². The first-order chi connectivity index (χ1) is 13.7. The molecule has 3 aromatic rings. The molecule has 3 rings (SSSR count). The van der Waals surface area contributed by atoms with Crippen molar-refractivity contribution in [2.45, 2.75) is 6.54 Å². The van der Waals surface area contributed by atoms with Crippen LogP contribution in [0, 0.1) is 0 Å². The van der Waals surface area contributed by atoms with Crippen molar-refractivity contribution in [2.24, 2.45) is 5.10 Å². The number of amides is 1. The number of aromatic nitrogens is 2. The van der Waals surface area contributed by atoms with E-state index in [0.29, 0.717) is 35.1 Å². The number of methoxy groups -OCH3 is 3. The molecule has 0 unspecified atom stereocenters. The van der Waals surface area contributed by atoms with Gasteiger partial charge in [0.15, 0.2) is 17.3 Å². The highest BCUT2D eigenvalue weighted by Crippen LogP contribution is 2.38. The fraction of sp³-hybridized carbons (Fsp3) is 0.211. The molecule has 0 aliphatic rings. The molecule has 1 N–H and O–H groups in total. The molecule has 146 valence electrons. The van der Waals surface area contributed by atoms with Gasteiger partial charge in [-0.3, -0.25) is 9.48 Å². The van der Waals surface area contributed by atoms with E-state index in [1.54, 1.807) is 35.1 Å². The molecule has 9 nitrogen and oxygen atoms in total. The van der Waals surface area contributed by atoms with Gasteiger partial charge in [-0.1, -0.05) is 0 Å². The van der Waals surface area contributed by atoms with E-state index in [-0.39, 0.29) is 5.76 Å². The van der Waals surface area contributed by atoms with Crippen molar-refractivity contribution in [2.75, 3.05) is 21.3 Å². The Balaban J connectivity index is 1.68. The third-order valence-corrected chi connectivity index (χ3v) is 3.87. The molecular weight excluding hydrogens is 364 g/mol. The quantitative estimate of drug-likeness (QED) is 0.473. The van der Waals surface area contributed by atoms with Crippen molar-refractivity contribution in [3.05, 3.63) is 59.8 Å². The van der Waals surface area contributed by atoms with Crippen molar-refractivity contribution < 1.29 is 23.4 Å². The second-order valence-corrected chi connectivity index (χ2v) is 5.59. The first-order valence-corrected chi connectivity index (χ1v) is 8.34. The van der Waals surface area contributed by atoms with Crippen molar-refractivity contribution in [3.63, 3.8) is 0 Å². The van der Waals surface area contributed by atoms with Crippen molar-refractivity contribution in [1.82, 2.24) is 15.2 Å². The van der Waals surface area contributed by atoms with E-state index < -0.39 is 5.91 Å². The maximum absolute atomic E-state index is 12.2. The summed E-state index contributed by atoms with van der Waals surface area (Å²) in [4.78, 5) is 12.2. The molecule has 0 aliphatic carbocycles. The van der Waals surface area contributed by atoms with Gasteiger partial charge in [0.2, 0.25) is 5.75 Å². The molecule has 1 aromatic carbocycles. The molecule has 0 radical (unpaired) electrons. The summed E-state index contributed by atoms with van der Waals surface area (Å²) < 4.78 is 23.1. The molecule has 0 atom stereocenters. The van der Waals surface area contributed by atoms with Crippen LogP contribution in [-0.2, 0) is 6.54 Å². The average Bonchev–Trinajstić information content (AvgIpc) is 3.39. The topological polar surface area (TPSA) is 100 Å². The number of furan rings is 1. The average molecular weight is 384 g/mol.